The van der Waals surface area contributed by atoms with E-state index < -0.39 is 5.41 Å². The third-order valence-electron chi connectivity index (χ3n) is 2.87. The normalized spacial score (nSPS) is 11.1. The number of nitrogen functional groups attached to an aromatic ring is 1. The topological polar surface area (TPSA) is 110 Å². The number of carbonyl (C=O) groups excluding carboxylic acids is 2. The second kappa shape index (κ2) is 6.74. The SMILES string of the molecule is CC(C)(C)C(=O)Nc1nc(CC(=O)Nc2ccc(N)nc2)cs1. The average molecular weight is 333 g/mol. The number of nitrogens with zero attached hydrogens (tertiary/aromatic N) is 2. The summed E-state index contributed by atoms with van der Waals surface area (Å²) in [6.07, 6.45) is 1.61. The predicted molar refractivity (Wildman–Crippen MR) is 91.2 cm³/mol. The van der Waals surface area contributed by atoms with Gasteiger partial charge in [-0.25, -0.2) is 9.97 Å². The molecule has 0 atom stereocenters. The molecule has 2 heterocycles. The van der Waals surface area contributed by atoms with Gasteiger partial charge in [-0.3, -0.25) is 9.59 Å². The molecular weight excluding hydrogens is 314 g/mol. The highest BCUT2D eigenvalue weighted by Crippen LogP contribution is 2.21. The summed E-state index contributed by atoms with van der Waals surface area (Å²) < 4.78 is 0. The number of carbonyl (C=O) groups is 2. The summed E-state index contributed by atoms with van der Waals surface area (Å²) in [5.74, 6) is 0.0631. The standard InChI is InChI=1S/C15H19N5O2S/c1-15(2,3)13(22)20-14-19-10(8-23-14)6-12(21)18-9-4-5-11(16)17-7-9/h4-5,7-8H,6H2,1-3H3,(H2,16,17)(H,18,21)(H,19,20,22). The molecule has 8 heteroatoms. The van der Waals surface area contributed by atoms with Gasteiger partial charge in [0.2, 0.25) is 11.8 Å². The van der Waals surface area contributed by atoms with E-state index in [1.807, 2.05) is 20.8 Å². The highest BCUT2D eigenvalue weighted by molar-refractivity contribution is 7.13. The Morgan fingerprint density at radius 3 is 2.61 bits per heavy atom. The first-order valence-electron chi connectivity index (χ1n) is 7.01. The van der Waals surface area contributed by atoms with E-state index >= 15 is 0 Å². The fourth-order valence-electron chi connectivity index (χ4n) is 1.58. The van der Waals surface area contributed by atoms with Crippen molar-refractivity contribution in [2.75, 3.05) is 16.4 Å². The molecule has 7 nitrogen and oxygen atoms in total. The van der Waals surface area contributed by atoms with Crippen molar-refractivity contribution in [3.63, 3.8) is 0 Å². The van der Waals surface area contributed by atoms with Crippen LogP contribution in [0.3, 0.4) is 0 Å². The van der Waals surface area contributed by atoms with Gasteiger partial charge in [-0.05, 0) is 12.1 Å². The molecule has 23 heavy (non-hydrogen) atoms. The number of amides is 2. The largest absolute Gasteiger partial charge is 0.384 e. The van der Waals surface area contributed by atoms with Crippen LogP contribution < -0.4 is 16.4 Å². The summed E-state index contributed by atoms with van der Waals surface area (Å²) >= 11 is 1.29. The zero-order valence-electron chi connectivity index (χ0n) is 13.2. The van der Waals surface area contributed by atoms with Crippen molar-refractivity contribution in [3.8, 4) is 0 Å². The van der Waals surface area contributed by atoms with Crippen LogP contribution in [0.1, 0.15) is 26.5 Å². The van der Waals surface area contributed by atoms with Gasteiger partial charge in [0.1, 0.15) is 5.82 Å². The van der Waals surface area contributed by atoms with Crippen molar-refractivity contribution < 1.29 is 9.59 Å². The third-order valence-corrected chi connectivity index (χ3v) is 3.67. The first-order chi connectivity index (χ1) is 10.7. The number of pyridine rings is 1. The lowest BCUT2D eigenvalue weighted by molar-refractivity contribution is -0.123. The van der Waals surface area contributed by atoms with Gasteiger partial charge in [0.15, 0.2) is 5.13 Å². The second-order valence-electron chi connectivity index (χ2n) is 6.04. The number of hydrogen-bond acceptors (Lipinski definition) is 6. The van der Waals surface area contributed by atoms with Gasteiger partial charge in [0.05, 0.1) is 24.0 Å². The van der Waals surface area contributed by atoms with E-state index in [0.717, 1.165) is 0 Å². The summed E-state index contributed by atoms with van der Waals surface area (Å²) in [6, 6.07) is 3.29. The Labute approximate surface area is 138 Å². The molecule has 2 aromatic rings. The van der Waals surface area contributed by atoms with Crippen LogP contribution in [0.5, 0.6) is 0 Å². The lowest BCUT2D eigenvalue weighted by Crippen LogP contribution is -2.27. The zero-order chi connectivity index (χ0) is 17.0. The number of aromatic nitrogens is 2. The Morgan fingerprint density at radius 1 is 1.26 bits per heavy atom. The molecule has 4 N–H and O–H groups in total. The Bertz CT molecular complexity index is 703. The summed E-state index contributed by atoms with van der Waals surface area (Å²) in [5.41, 5.74) is 6.16. The number of thiazole rings is 1. The number of nitrogens with one attached hydrogen (secondary N) is 2. The molecule has 0 aliphatic carbocycles. The zero-order valence-corrected chi connectivity index (χ0v) is 14.0. The molecule has 0 aromatic carbocycles. The van der Waals surface area contributed by atoms with E-state index in [2.05, 4.69) is 20.6 Å². The van der Waals surface area contributed by atoms with E-state index in [-0.39, 0.29) is 18.2 Å². The quantitative estimate of drug-likeness (QED) is 0.795. The molecule has 0 spiro atoms. The summed E-state index contributed by atoms with van der Waals surface area (Å²) in [4.78, 5) is 32.0. The van der Waals surface area contributed by atoms with Gasteiger partial charge in [-0.2, -0.15) is 0 Å². The van der Waals surface area contributed by atoms with Crippen LogP contribution in [0.25, 0.3) is 0 Å². The lowest BCUT2D eigenvalue weighted by Gasteiger charge is -2.15. The highest BCUT2D eigenvalue weighted by Gasteiger charge is 2.22. The van der Waals surface area contributed by atoms with Crippen LogP contribution in [0.2, 0.25) is 0 Å². The average Bonchev–Trinajstić information content (AvgIpc) is 2.87. The molecular formula is C15H19N5O2S. The molecule has 0 fully saturated rings. The van der Waals surface area contributed by atoms with Gasteiger partial charge in [0.25, 0.3) is 0 Å². The summed E-state index contributed by atoms with van der Waals surface area (Å²) in [7, 11) is 0. The Balaban J connectivity index is 1.92. The van der Waals surface area contributed by atoms with Crippen LogP contribution in [0.15, 0.2) is 23.7 Å². The number of hydrogen-bond donors (Lipinski definition) is 3. The van der Waals surface area contributed by atoms with Gasteiger partial charge >= 0.3 is 0 Å². The van der Waals surface area contributed by atoms with Crippen molar-refractivity contribution in [1.82, 2.24) is 9.97 Å². The minimum absolute atomic E-state index is 0.115. The molecule has 2 aromatic heterocycles. The van der Waals surface area contributed by atoms with Crippen LogP contribution >= 0.6 is 11.3 Å². The predicted octanol–water partition coefficient (Wildman–Crippen LogP) is 2.29. The first-order valence-corrected chi connectivity index (χ1v) is 7.89. The fraction of sp³-hybridized carbons (Fsp3) is 0.333. The maximum atomic E-state index is 12.0. The van der Waals surface area contributed by atoms with Crippen molar-refractivity contribution in [1.29, 1.82) is 0 Å². The van der Waals surface area contributed by atoms with Crippen molar-refractivity contribution >= 4 is 39.8 Å². The molecule has 0 unspecified atom stereocenters. The van der Waals surface area contributed by atoms with E-state index in [1.165, 1.54) is 17.5 Å². The highest BCUT2D eigenvalue weighted by atomic mass is 32.1. The Kier molecular flexibility index (Phi) is 4.95. The molecule has 0 radical (unpaired) electrons. The van der Waals surface area contributed by atoms with Gasteiger partial charge in [-0.15, -0.1) is 11.3 Å². The second-order valence-corrected chi connectivity index (χ2v) is 6.90. The van der Waals surface area contributed by atoms with Crippen molar-refractivity contribution in [2.24, 2.45) is 5.41 Å². The van der Waals surface area contributed by atoms with Gasteiger partial charge in [0, 0.05) is 10.8 Å². The summed E-state index contributed by atoms with van der Waals surface area (Å²) in [5, 5.41) is 7.69. The van der Waals surface area contributed by atoms with E-state index in [9.17, 15) is 9.59 Å². The Morgan fingerprint density at radius 2 is 2.00 bits per heavy atom. The van der Waals surface area contributed by atoms with E-state index in [1.54, 1.807) is 17.5 Å². The first kappa shape index (κ1) is 16.9. The summed E-state index contributed by atoms with van der Waals surface area (Å²) in [6.45, 7) is 5.47. The van der Waals surface area contributed by atoms with Gasteiger partial charge < -0.3 is 16.4 Å². The van der Waals surface area contributed by atoms with E-state index in [0.29, 0.717) is 22.3 Å². The van der Waals surface area contributed by atoms with Crippen molar-refractivity contribution in [2.45, 2.75) is 27.2 Å². The molecule has 0 saturated heterocycles. The molecule has 0 aliphatic heterocycles. The van der Waals surface area contributed by atoms with Crippen molar-refractivity contribution in [3.05, 3.63) is 29.4 Å². The minimum Gasteiger partial charge on any atom is -0.384 e. The molecule has 2 rings (SSSR count). The number of nitrogens with two attached hydrogens (primary N) is 1. The maximum absolute atomic E-state index is 12.0. The fourth-order valence-corrected chi connectivity index (χ4v) is 2.28. The molecule has 0 aliphatic rings. The van der Waals surface area contributed by atoms with Crippen LogP contribution in [0.4, 0.5) is 16.6 Å². The Hall–Kier alpha value is -2.48. The van der Waals surface area contributed by atoms with Crippen LogP contribution in [0, 0.1) is 5.41 Å². The molecule has 2 amide bonds. The smallest absolute Gasteiger partial charge is 0.231 e. The third kappa shape index (κ3) is 5.03. The molecule has 0 bridgehead atoms. The molecule has 0 saturated carbocycles. The minimum atomic E-state index is -0.495. The number of rotatable bonds is 4. The molecule has 122 valence electrons. The van der Waals surface area contributed by atoms with Gasteiger partial charge in [-0.1, -0.05) is 20.8 Å². The monoisotopic (exact) mass is 333 g/mol. The van der Waals surface area contributed by atoms with Crippen LogP contribution in [-0.4, -0.2) is 21.8 Å². The number of anilines is 3. The lowest BCUT2D eigenvalue weighted by atomic mass is 9.96. The maximum Gasteiger partial charge on any atom is 0.231 e. The van der Waals surface area contributed by atoms with Crippen LogP contribution in [-0.2, 0) is 16.0 Å². The van der Waals surface area contributed by atoms with E-state index in [4.69, 9.17) is 5.73 Å².